The maximum atomic E-state index is 4.78. The average Bonchev–Trinajstić information content (AvgIpc) is 2.95. The van der Waals surface area contributed by atoms with E-state index in [1.165, 1.54) is 32.1 Å². The summed E-state index contributed by atoms with van der Waals surface area (Å²) in [5.74, 6) is 1.92. The van der Waals surface area contributed by atoms with Crippen molar-refractivity contribution in [1.29, 1.82) is 0 Å². The van der Waals surface area contributed by atoms with E-state index in [0.717, 1.165) is 23.8 Å². The third kappa shape index (κ3) is 2.32. The molecule has 5 nitrogen and oxygen atoms in total. The highest BCUT2D eigenvalue weighted by molar-refractivity contribution is 5.67. The van der Waals surface area contributed by atoms with Gasteiger partial charge in [-0.3, -0.25) is 0 Å². The smallest absolute Gasteiger partial charge is 0.180 e. The Morgan fingerprint density at radius 3 is 3.10 bits per heavy atom. The topological polar surface area (TPSA) is 45.5 Å². The van der Waals surface area contributed by atoms with Crippen molar-refractivity contribution >= 4 is 17.3 Å². The summed E-state index contributed by atoms with van der Waals surface area (Å²) in [6.07, 6.45) is 12.1. The van der Waals surface area contributed by atoms with Gasteiger partial charge in [0.25, 0.3) is 0 Å². The Bertz CT molecular complexity index is 575. The van der Waals surface area contributed by atoms with Gasteiger partial charge in [0, 0.05) is 32.0 Å². The normalized spacial score (nSPS) is 19.5. The van der Waals surface area contributed by atoms with Gasteiger partial charge in [-0.25, -0.2) is 9.97 Å². The van der Waals surface area contributed by atoms with Gasteiger partial charge in [-0.2, -0.15) is 0 Å². The van der Waals surface area contributed by atoms with Gasteiger partial charge in [-0.15, -0.1) is 0 Å². The summed E-state index contributed by atoms with van der Waals surface area (Å²) in [5, 5.41) is 3.15. The molecule has 1 saturated heterocycles. The van der Waals surface area contributed by atoms with E-state index in [-0.39, 0.29) is 0 Å². The van der Waals surface area contributed by atoms with Crippen LogP contribution in [-0.2, 0) is 0 Å². The number of anilines is 2. The predicted molar refractivity (Wildman–Crippen MR) is 82.4 cm³/mol. The van der Waals surface area contributed by atoms with Crippen LogP contribution in [0.1, 0.15) is 39.0 Å². The van der Waals surface area contributed by atoms with Crippen LogP contribution < -0.4 is 10.2 Å². The van der Waals surface area contributed by atoms with E-state index in [4.69, 9.17) is 4.98 Å². The summed E-state index contributed by atoms with van der Waals surface area (Å²) in [4.78, 5) is 11.7. The van der Waals surface area contributed by atoms with Crippen LogP contribution in [0.25, 0.3) is 5.65 Å². The van der Waals surface area contributed by atoms with Crippen LogP contribution in [0.5, 0.6) is 0 Å². The minimum atomic E-state index is 0.605. The molecule has 0 bridgehead atoms. The van der Waals surface area contributed by atoms with Crippen LogP contribution in [0.2, 0.25) is 0 Å². The molecule has 1 N–H and O–H groups in total. The zero-order valence-corrected chi connectivity index (χ0v) is 12.3. The maximum absolute atomic E-state index is 4.78. The SMILES string of the molecule is CCCC1CCCCN1c1nc(NC)cn2ccnc12. The molecule has 3 rings (SSSR count). The van der Waals surface area contributed by atoms with E-state index in [2.05, 4.69) is 26.5 Å². The van der Waals surface area contributed by atoms with Crippen molar-refractivity contribution < 1.29 is 0 Å². The molecule has 1 aliphatic rings. The van der Waals surface area contributed by atoms with Crippen LogP contribution in [0.3, 0.4) is 0 Å². The minimum Gasteiger partial charge on any atom is -0.372 e. The fourth-order valence-electron chi connectivity index (χ4n) is 3.14. The number of hydrogen-bond donors (Lipinski definition) is 1. The molecule has 1 unspecified atom stereocenters. The van der Waals surface area contributed by atoms with Gasteiger partial charge in [0.2, 0.25) is 0 Å². The Labute approximate surface area is 120 Å². The standard InChI is InChI=1S/C15H23N5/c1-3-6-12-7-4-5-9-20(12)15-14-17-8-10-19(14)11-13(16-2)18-15/h8,10-12,16H,3-7,9H2,1-2H3. The van der Waals surface area contributed by atoms with Gasteiger partial charge >= 0.3 is 0 Å². The molecule has 1 fully saturated rings. The number of piperidine rings is 1. The van der Waals surface area contributed by atoms with Crippen molar-refractivity contribution in [2.45, 2.75) is 45.1 Å². The molecule has 3 heterocycles. The van der Waals surface area contributed by atoms with Crippen molar-refractivity contribution in [1.82, 2.24) is 14.4 Å². The summed E-state index contributed by atoms with van der Waals surface area (Å²) in [5.41, 5.74) is 0.965. The number of hydrogen-bond acceptors (Lipinski definition) is 4. The molecule has 0 radical (unpaired) electrons. The molecule has 0 spiro atoms. The van der Waals surface area contributed by atoms with Crippen molar-refractivity contribution in [3.8, 4) is 0 Å². The first-order valence-electron chi connectivity index (χ1n) is 7.61. The fraction of sp³-hybridized carbons (Fsp3) is 0.600. The first-order chi connectivity index (χ1) is 9.83. The van der Waals surface area contributed by atoms with E-state index < -0.39 is 0 Å². The average molecular weight is 273 g/mol. The predicted octanol–water partition coefficient (Wildman–Crippen LogP) is 2.93. The zero-order valence-electron chi connectivity index (χ0n) is 12.3. The highest BCUT2D eigenvalue weighted by atomic mass is 15.3. The van der Waals surface area contributed by atoms with Crippen LogP contribution in [0, 0.1) is 0 Å². The Kier molecular flexibility index (Phi) is 3.76. The molecule has 0 saturated carbocycles. The molecule has 108 valence electrons. The van der Waals surface area contributed by atoms with Gasteiger partial charge in [0.15, 0.2) is 11.5 Å². The van der Waals surface area contributed by atoms with E-state index in [0.29, 0.717) is 6.04 Å². The van der Waals surface area contributed by atoms with Gasteiger partial charge in [0.1, 0.15) is 5.82 Å². The summed E-state index contributed by atoms with van der Waals surface area (Å²) >= 11 is 0. The second-order valence-electron chi connectivity index (χ2n) is 5.49. The molecule has 1 atom stereocenters. The van der Waals surface area contributed by atoms with Gasteiger partial charge in [0.05, 0.1) is 6.20 Å². The van der Waals surface area contributed by atoms with Gasteiger partial charge in [-0.05, 0) is 25.7 Å². The Morgan fingerprint density at radius 2 is 2.30 bits per heavy atom. The highest BCUT2D eigenvalue weighted by Gasteiger charge is 2.25. The molecule has 0 amide bonds. The lowest BCUT2D eigenvalue weighted by molar-refractivity contribution is 0.432. The number of nitrogens with one attached hydrogen (secondary N) is 1. The van der Waals surface area contributed by atoms with E-state index in [1.54, 1.807) is 0 Å². The van der Waals surface area contributed by atoms with E-state index in [1.807, 2.05) is 25.6 Å². The highest BCUT2D eigenvalue weighted by Crippen LogP contribution is 2.29. The van der Waals surface area contributed by atoms with Crippen LogP contribution in [-0.4, -0.2) is 34.0 Å². The van der Waals surface area contributed by atoms with Crippen molar-refractivity contribution in [3.05, 3.63) is 18.6 Å². The lowest BCUT2D eigenvalue weighted by atomic mass is 9.98. The number of aromatic nitrogens is 3. The van der Waals surface area contributed by atoms with Crippen molar-refractivity contribution in [2.75, 3.05) is 23.8 Å². The van der Waals surface area contributed by atoms with Crippen LogP contribution in [0.15, 0.2) is 18.6 Å². The monoisotopic (exact) mass is 273 g/mol. The van der Waals surface area contributed by atoms with E-state index in [9.17, 15) is 0 Å². The number of imidazole rings is 1. The number of nitrogens with zero attached hydrogens (tertiary/aromatic N) is 4. The molecular weight excluding hydrogens is 250 g/mol. The number of fused-ring (bicyclic) bond motifs is 1. The summed E-state index contributed by atoms with van der Waals surface area (Å²) in [7, 11) is 1.91. The first kappa shape index (κ1) is 13.2. The Balaban J connectivity index is 2.04. The molecule has 2 aromatic heterocycles. The van der Waals surface area contributed by atoms with Crippen molar-refractivity contribution in [3.63, 3.8) is 0 Å². The molecule has 0 aromatic carbocycles. The quantitative estimate of drug-likeness (QED) is 0.930. The van der Waals surface area contributed by atoms with Crippen LogP contribution >= 0.6 is 0 Å². The summed E-state index contributed by atoms with van der Waals surface area (Å²) in [6, 6.07) is 0.605. The summed E-state index contributed by atoms with van der Waals surface area (Å²) < 4.78 is 2.06. The minimum absolute atomic E-state index is 0.605. The molecule has 20 heavy (non-hydrogen) atoms. The largest absolute Gasteiger partial charge is 0.372 e. The summed E-state index contributed by atoms with van der Waals surface area (Å²) in [6.45, 7) is 3.35. The second-order valence-corrected chi connectivity index (χ2v) is 5.49. The van der Waals surface area contributed by atoms with E-state index >= 15 is 0 Å². The second kappa shape index (κ2) is 5.69. The molecule has 0 aliphatic carbocycles. The van der Waals surface area contributed by atoms with Crippen molar-refractivity contribution in [2.24, 2.45) is 0 Å². The van der Waals surface area contributed by atoms with Gasteiger partial charge in [-0.1, -0.05) is 13.3 Å². The van der Waals surface area contributed by atoms with Crippen LogP contribution in [0.4, 0.5) is 11.6 Å². The lowest BCUT2D eigenvalue weighted by Crippen LogP contribution is -2.40. The first-order valence-corrected chi connectivity index (χ1v) is 7.61. The number of rotatable bonds is 4. The Hall–Kier alpha value is -1.78. The third-order valence-electron chi connectivity index (χ3n) is 4.13. The third-order valence-corrected chi connectivity index (χ3v) is 4.13. The zero-order chi connectivity index (χ0) is 13.9. The maximum Gasteiger partial charge on any atom is 0.180 e. The molecular formula is C15H23N5. The fourth-order valence-corrected chi connectivity index (χ4v) is 3.14. The molecule has 2 aromatic rings. The lowest BCUT2D eigenvalue weighted by Gasteiger charge is -2.36. The molecule has 1 aliphatic heterocycles. The van der Waals surface area contributed by atoms with Gasteiger partial charge < -0.3 is 14.6 Å². The molecule has 5 heteroatoms. The Morgan fingerprint density at radius 1 is 1.40 bits per heavy atom.